The molecule has 0 amide bonds. The minimum Gasteiger partial charge on any atom is -0.378 e. The van der Waals surface area contributed by atoms with E-state index in [1.54, 1.807) is 22.7 Å². The average Bonchev–Trinajstić information content (AvgIpc) is 3.40. The van der Waals surface area contributed by atoms with Crippen LogP contribution < -0.4 is 10.5 Å². The van der Waals surface area contributed by atoms with Crippen molar-refractivity contribution in [3.63, 3.8) is 0 Å². The van der Waals surface area contributed by atoms with Crippen LogP contribution in [0.3, 0.4) is 0 Å². The first-order valence-corrected chi connectivity index (χ1v) is 11.6. The minimum atomic E-state index is -0.0486. The van der Waals surface area contributed by atoms with Crippen LogP contribution in [0.1, 0.15) is 16.1 Å². The van der Waals surface area contributed by atoms with E-state index < -0.39 is 0 Å². The molecular formula is C19H20ClN5O2S2. The van der Waals surface area contributed by atoms with E-state index >= 15 is 0 Å². The standard InChI is InChI=1S/C19H20ClN5O2S2/c20-16-15(29-19(22-16)25-5-7-27-8-6-25)11-24-4-3-13-12(10-24)18(26)23-17(21-13)14-2-1-9-28-14/h1-2,9H,3-8,10-11H2,(H,21,23,26). The molecule has 0 bridgehead atoms. The topological polar surface area (TPSA) is 74.4 Å². The fourth-order valence-electron chi connectivity index (χ4n) is 3.66. The number of hydrogen-bond acceptors (Lipinski definition) is 8. The predicted molar refractivity (Wildman–Crippen MR) is 116 cm³/mol. The van der Waals surface area contributed by atoms with Gasteiger partial charge in [-0.25, -0.2) is 9.97 Å². The molecule has 0 radical (unpaired) electrons. The minimum absolute atomic E-state index is 0.0486. The molecule has 5 rings (SSSR count). The lowest BCUT2D eigenvalue weighted by Crippen LogP contribution is -2.36. The average molecular weight is 450 g/mol. The quantitative estimate of drug-likeness (QED) is 0.660. The lowest BCUT2D eigenvalue weighted by molar-refractivity contribution is 0.122. The van der Waals surface area contributed by atoms with Gasteiger partial charge in [0.2, 0.25) is 0 Å². The van der Waals surface area contributed by atoms with Crippen LogP contribution in [0.4, 0.5) is 5.13 Å². The van der Waals surface area contributed by atoms with Gasteiger partial charge in [0.1, 0.15) is 5.15 Å². The number of nitrogens with one attached hydrogen (secondary N) is 1. The first kappa shape index (κ1) is 19.2. The molecule has 29 heavy (non-hydrogen) atoms. The molecule has 1 N–H and O–H groups in total. The Morgan fingerprint density at radius 3 is 2.90 bits per heavy atom. The molecule has 1 fully saturated rings. The Balaban J connectivity index is 1.33. The van der Waals surface area contributed by atoms with Crippen LogP contribution in [0.25, 0.3) is 10.7 Å². The van der Waals surface area contributed by atoms with Crippen LogP contribution in [0.2, 0.25) is 5.15 Å². The number of nitrogens with zero attached hydrogens (tertiary/aromatic N) is 4. The first-order valence-electron chi connectivity index (χ1n) is 9.53. The third-order valence-electron chi connectivity index (χ3n) is 5.19. The van der Waals surface area contributed by atoms with Crippen LogP contribution in [0.15, 0.2) is 22.3 Å². The number of thiophene rings is 1. The molecule has 5 heterocycles. The highest BCUT2D eigenvalue weighted by Crippen LogP contribution is 2.32. The molecule has 0 aliphatic carbocycles. The van der Waals surface area contributed by atoms with Gasteiger partial charge in [0.25, 0.3) is 5.56 Å². The van der Waals surface area contributed by atoms with Crippen molar-refractivity contribution >= 4 is 39.4 Å². The Labute approximate surface area is 180 Å². The molecule has 3 aromatic heterocycles. The summed E-state index contributed by atoms with van der Waals surface area (Å²) >= 11 is 9.64. The van der Waals surface area contributed by atoms with Crippen LogP contribution in [-0.2, 0) is 24.2 Å². The number of morpholine rings is 1. The summed E-state index contributed by atoms with van der Waals surface area (Å²) in [7, 11) is 0. The van der Waals surface area contributed by atoms with Crippen molar-refractivity contribution in [3.05, 3.63) is 49.2 Å². The number of H-pyrrole nitrogens is 1. The third kappa shape index (κ3) is 3.97. The van der Waals surface area contributed by atoms with E-state index in [0.29, 0.717) is 24.1 Å². The summed E-state index contributed by atoms with van der Waals surface area (Å²) in [5.74, 6) is 0.665. The van der Waals surface area contributed by atoms with Crippen molar-refractivity contribution in [1.82, 2.24) is 19.9 Å². The Bertz CT molecular complexity index is 1060. The van der Waals surface area contributed by atoms with Gasteiger partial charge < -0.3 is 14.6 Å². The molecule has 0 aromatic carbocycles. The van der Waals surface area contributed by atoms with Gasteiger partial charge >= 0.3 is 0 Å². The maximum atomic E-state index is 12.7. The zero-order valence-corrected chi connectivity index (χ0v) is 18.1. The third-order valence-corrected chi connectivity index (χ3v) is 7.59. The van der Waals surface area contributed by atoms with Gasteiger partial charge in [-0.1, -0.05) is 29.0 Å². The Morgan fingerprint density at radius 2 is 2.10 bits per heavy atom. The lowest BCUT2D eigenvalue weighted by atomic mass is 10.1. The van der Waals surface area contributed by atoms with Gasteiger partial charge in [-0.05, 0) is 11.4 Å². The van der Waals surface area contributed by atoms with E-state index in [2.05, 4.69) is 19.8 Å². The van der Waals surface area contributed by atoms with E-state index in [9.17, 15) is 4.79 Å². The highest BCUT2D eigenvalue weighted by molar-refractivity contribution is 7.16. The van der Waals surface area contributed by atoms with E-state index in [4.69, 9.17) is 21.3 Å². The van der Waals surface area contributed by atoms with Gasteiger partial charge in [0.15, 0.2) is 11.0 Å². The number of aromatic amines is 1. The van der Waals surface area contributed by atoms with E-state index in [-0.39, 0.29) is 5.56 Å². The zero-order chi connectivity index (χ0) is 19.8. The number of hydrogen-bond donors (Lipinski definition) is 1. The summed E-state index contributed by atoms with van der Waals surface area (Å²) in [6.45, 7) is 5.23. The summed E-state index contributed by atoms with van der Waals surface area (Å²) in [6.07, 6.45) is 0.754. The second-order valence-corrected chi connectivity index (χ2v) is 9.46. The molecule has 0 spiro atoms. The van der Waals surface area contributed by atoms with E-state index in [1.807, 2.05) is 17.5 Å². The maximum absolute atomic E-state index is 12.7. The van der Waals surface area contributed by atoms with Crippen LogP contribution in [0.5, 0.6) is 0 Å². The smallest absolute Gasteiger partial charge is 0.255 e. The van der Waals surface area contributed by atoms with Crippen molar-refractivity contribution in [1.29, 1.82) is 0 Å². The van der Waals surface area contributed by atoms with Crippen LogP contribution >= 0.6 is 34.3 Å². The molecule has 7 nitrogen and oxygen atoms in total. The summed E-state index contributed by atoms with van der Waals surface area (Å²) in [5.41, 5.74) is 1.61. The predicted octanol–water partition coefficient (Wildman–Crippen LogP) is 3.00. The molecule has 0 atom stereocenters. The second kappa shape index (κ2) is 8.16. The molecule has 10 heteroatoms. The zero-order valence-electron chi connectivity index (χ0n) is 15.7. The highest BCUT2D eigenvalue weighted by atomic mass is 35.5. The van der Waals surface area contributed by atoms with E-state index in [0.717, 1.165) is 65.4 Å². The van der Waals surface area contributed by atoms with Crippen LogP contribution in [0, 0.1) is 0 Å². The number of fused-ring (bicyclic) bond motifs is 1. The second-order valence-electron chi connectivity index (χ2n) is 7.09. The molecular weight excluding hydrogens is 430 g/mol. The van der Waals surface area contributed by atoms with Gasteiger partial charge in [-0.15, -0.1) is 11.3 Å². The van der Waals surface area contributed by atoms with Crippen LogP contribution in [-0.4, -0.2) is 52.7 Å². The summed E-state index contributed by atoms with van der Waals surface area (Å²) in [6, 6.07) is 3.94. The summed E-state index contributed by atoms with van der Waals surface area (Å²) in [4.78, 5) is 31.4. The van der Waals surface area contributed by atoms with Crippen molar-refractivity contribution in [2.75, 3.05) is 37.7 Å². The number of thiazole rings is 1. The Hall–Kier alpha value is -1.78. The molecule has 152 valence electrons. The summed E-state index contributed by atoms with van der Waals surface area (Å²) < 4.78 is 5.41. The molecule has 0 unspecified atom stereocenters. The van der Waals surface area contributed by atoms with Gasteiger partial charge in [-0.3, -0.25) is 9.69 Å². The SMILES string of the molecule is O=c1[nH]c(-c2cccs2)nc2c1CN(Cc1sc(N3CCOCC3)nc1Cl)CC2. The number of rotatable bonds is 4. The molecule has 2 aliphatic heterocycles. The van der Waals surface area contributed by atoms with Gasteiger partial charge in [0, 0.05) is 39.1 Å². The number of aromatic nitrogens is 3. The molecule has 1 saturated heterocycles. The van der Waals surface area contributed by atoms with Gasteiger partial charge in [0.05, 0.1) is 34.2 Å². The van der Waals surface area contributed by atoms with Gasteiger partial charge in [-0.2, -0.15) is 0 Å². The normalized spacial score (nSPS) is 17.5. The fourth-order valence-corrected chi connectivity index (χ4v) is 5.68. The lowest BCUT2D eigenvalue weighted by Gasteiger charge is -2.27. The van der Waals surface area contributed by atoms with Crippen molar-refractivity contribution in [2.45, 2.75) is 19.5 Å². The molecule has 3 aromatic rings. The van der Waals surface area contributed by atoms with Crippen molar-refractivity contribution in [3.8, 4) is 10.7 Å². The number of halogens is 1. The Morgan fingerprint density at radius 1 is 1.24 bits per heavy atom. The summed E-state index contributed by atoms with van der Waals surface area (Å²) in [5, 5.41) is 3.49. The monoisotopic (exact) mass is 449 g/mol. The highest BCUT2D eigenvalue weighted by Gasteiger charge is 2.24. The Kier molecular flexibility index (Phi) is 5.40. The molecule has 0 saturated carbocycles. The van der Waals surface area contributed by atoms with E-state index in [1.165, 1.54) is 0 Å². The fraction of sp³-hybridized carbons (Fsp3) is 0.421. The maximum Gasteiger partial charge on any atom is 0.255 e. The van der Waals surface area contributed by atoms with Crippen molar-refractivity contribution in [2.24, 2.45) is 0 Å². The molecule has 2 aliphatic rings. The first-order chi connectivity index (χ1) is 14.2. The largest absolute Gasteiger partial charge is 0.378 e. The number of anilines is 1. The van der Waals surface area contributed by atoms with Crippen molar-refractivity contribution < 1.29 is 4.74 Å². The number of ether oxygens (including phenoxy) is 1.